The zero-order valence-electron chi connectivity index (χ0n) is 17.6. The number of benzene rings is 2. The van der Waals surface area contributed by atoms with Crippen LogP contribution in [0.25, 0.3) is 0 Å². The van der Waals surface area contributed by atoms with Crippen LogP contribution in [0.15, 0.2) is 48.5 Å². The van der Waals surface area contributed by atoms with E-state index in [1.54, 1.807) is 7.11 Å². The molecule has 0 atom stereocenters. The maximum Gasteiger partial charge on any atom is 0.321 e. The van der Waals surface area contributed by atoms with Crippen molar-refractivity contribution in [2.24, 2.45) is 0 Å². The highest BCUT2D eigenvalue weighted by atomic mass is 16.5. The van der Waals surface area contributed by atoms with Crippen LogP contribution in [0.5, 0.6) is 11.5 Å². The Morgan fingerprint density at radius 1 is 1.03 bits per heavy atom. The maximum absolute atomic E-state index is 12.5. The summed E-state index contributed by atoms with van der Waals surface area (Å²) in [7, 11) is 1.71. The number of carbonyl (C=O) groups is 1. The van der Waals surface area contributed by atoms with Gasteiger partial charge in [0.15, 0.2) is 0 Å². The molecule has 3 rings (SSSR count). The molecule has 0 saturated carbocycles. The summed E-state index contributed by atoms with van der Waals surface area (Å²) in [5.41, 5.74) is 2.00. The SMILES string of the molecule is COc1ccccc1CCN1CCN(C(=O)Nc2ccc(OC(C)C)cc2)CC1. The lowest BCUT2D eigenvalue weighted by Crippen LogP contribution is -2.50. The summed E-state index contributed by atoms with van der Waals surface area (Å²) in [6.07, 6.45) is 1.08. The fourth-order valence-corrected chi connectivity index (χ4v) is 3.45. The Bertz CT molecular complexity index is 784. The summed E-state index contributed by atoms with van der Waals surface area (Å²) in [5.74, 6) is 1.75. The van der Waals surface area contributed by atoms with Gasteiger partial charge in [0.1, 0.15) is 11.5 Å². The van der Waals surface area contributed by atoms with E-state index in [0.717, 1.165) is 56.3 Å². The molecule has 1 aliphatic heterocycles. The Labute approximate surface area is 173 Å². The fourth-order valence-electron chi connectivity index (χ4n) is 3.45. The third kappa shape index (κ3) is 6.12. The molecular weight excluding hydrogens is 366 g/mol. The smallest absolute Gasteiger partial charge is 0.321 e. The van der Waals surface area contributed by atoms with Crippen molar-refractivity contribution in [3.8, 4) is 11.5 Å². The number of amides is 2. The first-order valence-electron chi connectivity index (χ1n) is 10.2. The molecule has 2 aromatic rings. The van der Waals surface area contributed by atoms with E-state index in [9.17, 15) is 4.79 Å². The van der Waals surface area contributed by atoms with E-state index in [-0.39, 0.29) is 12.1 Å². The first-order chi connectivity index (χ1) is 14.0. The van der Waals surface area contributed by atoms with Crippen LogP contribution in [0.4, 0.5) is 10.5 Å². The highest BCUT2D eigenvalue weighted by Crippen LogP contribution is 2.19. The third-order valence-corrected chi connectivity index (χ3v) is 5.03. The summed E-state index contributed by atoms with van der Waals surface area (Å²) in [6, 6.07) is 15.6. The number of nitrogens with zero attached hydrogens (tertiary/aromatic N) is 2. The molecule has 0 unspecified atom stereocenters. The van der Waals surface area contributed by atoms with Crippen molar-refractivity contribution in [2.45, 2.75) is 26.4 Å². The van der Waals surface area contributed by atoms with Crippen LogP contribution in [0, 0.1) is 0 Å². The molecule has 0 aliphatic carbocycles. The first-order valence-corrected chi connectivity index (χ1v) is 10.2. The average Bonchev–Trinajstić information content (AvgIpc) is 2.74. The van der Waals surface area contributed by atoms with Gasteiger partial charge in [-0.3, -0.25) is 4.90 Å². The Kier molecular flexibility index (Phi) is 7.36. The fraction of sp³-hybridized carbons (Fsp3) is 0.435. The Morgan fingerprint density at radius 3 is 2.38 bits per heavy atom. The second-order valence-corrected chi connectivity index (χ2v) is 7.51. The average molecular weight is 398 g/mol. The molecule has 1 N–H and O–H groups in total. The van der Waals surface area contributed by atoms with Crippen LogP contribution in [0.1, 0.15) is 19.4 Å². The molecule has 0 spiro atoms. The van der Waals surface area contributed by atoms with Gasteiger partial charge in [0.2, 0.25) is 0 Å². The molecule has 2 amide bonds. The number of piperazine rings is 1. The Morgan fingerprint density at radius 2 is 1.72 bits per heavy atom. The molecule has 0 bridgehead atoms. The van der Waals surface area contributed by atoms with E-state index >= 15 is 0 Å². The van der Waals surface area contributed by atoms with E-state index in [1.807, 2.05) is 61.2 Å². The summed E-state index contributed by atoms with van der Waals surface area (Å²) in [4.78, 5) is 16.8. The lowest BCUT2D eigenvalue weighted by molar-refractivity contribution is 0.148. The maximum atomic E-state index is 12.5. The lowest BCUT2D eigenvalue weighted by Gasteiger charge is -2.34. The number of para-hydroxylation sites is 1. The van der Waals surface area contributed by atoms with Gasteiger partial charge >= 0.3 is 6.03 Å². The second-order valence-electron chi connectivity index (χ2n) is 7.51. The van der Waals surface area contributed by atoms with Gasteiger partial charge < -0.3 is 19.7 Å². The number of urea groups is 1. The van der Waals surface area contributed by atoms with Crippen LogP contribution in [-0.2, 0) is 6.42 Å². The van der Waals surface area contributed by atoms with E-state index in [2.05, 4.69) is 16.3 Å². The number of nitrogens with one attached hydrogen (secondary N) is 1. The van der Waals surface area contributed by atoms with Crippen molar-refractivity contribution in [2.75, 3.05) is 45.2 Å². The molecular formula is C23H31N3O3. The number of carbonyl (C=O) groups excluding carboxylic acids is 1. The van der Waals surface area contributed by atoms with Crippen molar-refractivity contribution in [1.29, 1.82) is 0 Å². The Hall–Kier alpha value is -2.73. The molecule has 156 valence electrons. The zero-order chi connectivity index (χ0) is 20.6. The minimum Gasteiger partial charge on any atom is -0.496 e. The quantitative estimate of drug-likeness (QED) is 0.771. The molecule has 0 aromatic heterocycles. The van der Waals surface area contributed by atoms with E-state index in [4.69, 9.17) is 9.47 Å². The zero-order valence-corrected chi connectivity index (χ0v) is 17.6. The summed E-state index contributed by atoms with van der Waals surface area (Å²) in [6.45, 7) is 8.16. The van der Waals surface area contributed by atoms with Crippen molar-refractivity contribution < 1.29 is 14.3 Å². The number of rotatable bonds is 7. The van der Waals surface area contributed by atoms with Gasteiger partial charge in [0.05, 0.1) is 13.2 Å². The van der Waals surface area contributed by atoms with Crippen molar-refractivity contribution >= 4 is 11.7 Å². The monoisotopic (exact) mass is 397 g/mol. The highest BCUT2D eigenvalue weighted by Gasteiger charge is 2.21. The van der Waals surface area contributed by atoms with Gasteiger partial charge in [-0.2, -0.15) is 0 Å². The standard InChI is InChI=1S/C23H31N3O3/c1-18(2)29-21-10-8-20(9-11-21)24-23(27)26-16-14-25(15-17-26)13-12-19-6-4-5-7-22(19)28-3/h4-11,18H,12-17H2,1-3H3,(H,24,27). The largest absolute Gasteiger partial charge is 0.496 e. The van der Waals surface area contributed by atoms with Gasteiger partial charge in [0.25, 0.3) is 0 Å². The Balaban J connectivity index is 1.43. The van der Waals surface area contributed by atoms with Gasteiger partial charge in [-0.25, -0.2) is 4.79 Å². The summed E-state index contributed by atoms with van der Waals surface area (Å²) in [5, 5.41) is 2.98. The van der Waals surface area contributed by atoms with Crippen LogP contribution in [0.3, 0.4) is 0 Å². The molecule has 1 aliphatic rings. The first kappa shape index (κ1) is 21.0. The number of anilines is 1. The minimum absolute atomic E-state index is 0.0492. The van der Waals surface area contributed by atoms with E-state index < -0.39 is 0 Å². The van der Waals surface area contributed by atoms with E-state index in [1.165, 1.54) is 5.56 Å². The molecule has 0 radical (unpaired) electrons. The predicted molar refractivity (Wildman–Crippen MR) is 116 cm³/mol. The molecule has 6 nitrogen and oxygen atoms in total. The van der Waals surface area contributed by atoms with Crippen molar-refractivity contribution in [3.63, 3.8) is 0 Å². The van der Waals surface area contributed by atoms with Crippen LogP contribution < -0.4 is 14.8 Å². The molecule has 29 heavy (non-hydrogen) atoms. The number of hydrogen-bond acceptors (Lipinski definition) is 4. The van der Waals surface area contributed by atoms with Crippen LogP contribution in [-0.4, -0.2) is 61.8 Å². The molecule has 1 saturated heterocycles. The molecule has 2 aromatic carbocycles. The molecule has 6 heteroatoms. The number of methoxy groups -OCH3 is 1. The molecule has 1 heterocycles. The summed E-state index contributed by atoms with van der Waals surface area (Å²) >= 11 is 0. The minimum atomic E-state index is -0.0492. The van der Waals surface area contributed by atoms with E-state index in [0.29, 0.717) is 0 Å². The van der Waals surface area contributed by atoms with Gasteiger partial charge in [-0.05, 0) is 56.2 Å². The van der Waals surface area contributed by atoms with Crippen molar-refractivity contribution in [3.05, 3.63) is 54.1 Å². The number of ether oxygens (including phenoxy) is 2. The van der Waals surface area contributed by atoms with Gasteiger partial charge in [-0.15, -0.1) is 0 Å². The third-order valence-electron chi connectivity index (χ3n) is 5.03. The topological polar surface area (TPSA) is 54.0 Å². The highest BCUT2D eigenvalue weighted by molar-refractivity contribution is 5.89. The van der Waals surface area contributed by atoms with Crippen LogP contribution in [0.2, 0.25) is 0 Å². The van der Waals surface area contributed by atoms with Gasteiger partial charge in [0, 0.05) is 38.4 Å². The summed E-state index contributed by atoms with van der Waals surface area (Å²) < 4.78 is 11.1. The molecule has 1 fully saturated rings. The van der Waals surface area contributed by atoms with Gasteiger partial charge in [-0.1, -0.05) is 18.2 Å². The predicted octanol–water partition coefficient (Wildman–Crippen LogP) is 3.87. The van der Waals surface area contributed by atoms with Crippen LogP contribution >= 0.6 is 0 Å². The second kappa shape index (κ2) is 10.2. The lowest BCUT2D eigenvalue weighted by atomic mass is 10.1. The number of hydrogen-bond donors (Lipinski definition) is 1. The van der Waals surface area contributed by atoms with Crippen molar-refractivity contribution in [1.82, 2.24) is 9.80 Å². The normalized spacial score (nSPS) is 14.7.